The van der Waals surface area contributed by atoms with Gasteiger partial charge in [0.2, 0.25) is 10.7 Å². The molecule has 0 spiro atoms. The highest BCUT2D eigenvalue weighted by Crippen LogP contribution is 2.30. The molecule has 1 aromatic heterocycles. The number of hydrogen-bond donors (Lipinski definition) is 1. The van der Waals surface area contributed by atoms with Crippen molar-refractivity contribution in [2.24, 2.45) is 5.92 Å². The maximum Gasteiger partial charge on any atom is 0.223 e. The van der Waals surface area contributed by atoms with Crippen molar-refractivity contribution in [2.45, 2.75) is 64.6 Å². The fraction of sp³-hybridized carbons (Fsp3) is 0.464. The summed E-state index contributed by atoms with van der Waals surface area (Å²) in [4.78, 5) is 14.5. The van der Waals surface area contributed by atoms with Crippen molar-refractivity contribution in [1.82, 2.24) is 24.6 Å². The first-order valence-corrected chi connectivity index (χ1v) is 13.1. The lowest BCUT2D eigenvalue weighted by molar-refractivity contribution is -0.123. The van der Waals surface area contributed by atoms with Gasteiger partial charge in [-0.05, 0) is 61.0 Å². The normalized spacial score (nSPS) is 17.5. The first-order valence-electron chi connectivity index (χ1n) is 12.7. The number of para-hydroxylation sites is 1. The fourth-order valence-corrected chi connectivity index (χ4v) is 4.98. The van der Waals surface area contributed by atoms with Gasteiger partial charge in [-0.25, -0.2) is 4.68 Å². The molecule has 0 atom stereocenters. The van der Waals surface area contributed by atoms with Gasteiger partial charge in [-0.15, -0.1) is 5.10 Å². The summed E-state index contributed by atoms with van der Waals surface area (Å²) in [7, 11) is 0. The van der Waals surface area contributed by atoms with Gasteiger partial charge in [0.1, 0.15) is 0 Å². The van der Waals surface area contributed by atoms with Gasteiger partial charge in [0.25, 0.3) is 0 Å². The van der Waals surface area contributed by atoms with Gasteiger partial charge < -0.3 is 5.32 Å². The van der Waals surface area contributed by atoms with Crippen LogP contribution in [0.1, 0.15) is 52.0 Å². The molecule has 1 amide bonds. The molecule has 184 valence electrons. The second kappa shape index (κ2) is 9.70. The molecule has 1 aliphatic carbocycles. The minimum Gasteiger partial charge on any atom is -0.353 e. The van der Waals surface area contributed by atoms with Crippen LogP contribution in [0.3, 0.4) is 0 Å². The Morgan fingerprint density at radius 3 is 2.26 bits per heavy atom. The van der Waals surface area contributed by atoms with Crippen molar-refractivity contribution in [3.05, 3.63) is 64.9 Å². The summed E-state index contributed by atoms with van der Waals surface area (Å²) in [5.74, 6) is 1.37. The Morgan fingerprint density at radius 2 is 1.66 bits per heavy atom. The van der Waals surface area contributed by atoms with Gasteiger partial charge in [0.05, 0.1) is 6.67 Å². The first kappa shape index (κ1) is 23.9. The molecular weight excluding hydrogens is 454 g/mol. The van der Waals surface area contributed by atoms with E-state index in [9.17, 15) is 4.79 Å². The molecule has 0 unspecified atom stereocenters. The van der Waals surface area contributed by atoms with Crippen LogP contribution in [0.2, 0.25) is 0 Å². The largest absolute Gasteiger partial charge is 0.353 e. The Balaban J connectivity index is 1.37. The average molecular weight is 490 g/mol. The highest BCUT2D eigenvalue weighted by atomic mass is 32.1. The second-order valence-electron chi connectivity index (χ2n) is 10.9. The minimum atomic E-state index is 0.0979. The molecule has 6 nitrogen and oxygen atoms in total. The number of nitrogens with zero attached hydrogens (tertiary/aromatic N) is 4. The van der Waals surface area contributed by atoms with Crippen LogP contribution >= 0.6 is 12.2 Å². The third-order valence-corrected chi connectivity index (χ3v) is 7.47. The fourth-order valence-electron chi connectivity index (χ4n) is 4.69. The van der Waals surface area contributed by atoms with E-state index in [2.05, 4.69) is 72.0 Å². The Labute approximate surface area is 213 Å². The number of rotatable bonds is 6. The van der Waals surface area contributed by atoms with Crippen LogP contribution in [-0.4, -0.2) is 44.3 Å². The van der Waals surface area contributed by atoms with Crippen molar-refractivity contribution in [3.8, 4) is 17.1 Å². The molecule has 1 saturated carbocycles. The highest BCUT2D eigenvalue weighted by Gasteiger charge is 2.32. The van der Waals surface area contributed by atoms with Crippen molar-refractivity contribution in [3.63, 3.8) is 0 Å². The van der Waals surface area contributed by atoms with Gasteiger partial charge >= 0.3 is 0 Å². The zero-order valence-electron chi connectivity index (χ0n) is 20.9. The Morgan fingerprint density at radius 1 is 1.00 bits per heavy atom. The number of piperidine rings is 1. The Kier molecular flexibility index (Phi) is 6.64. The van der Waals surface area contributed by atoms with Crippen molar-refractivity contribution < 1.29 is 4.79 Å². The molecule has 5 rings (SSSR count). The number of carbonyl (C=O) groups excluding carboxylic acids is 1. The zero-order chi connectivity index (χ0) is 24.6. The lowest BCUT2D eigenvalue weighted by Gasteiger charge is -2.32. The van der Waals surface area contributed by atoms with Crippen molar-refractivity contribution >= 4 is 18.1 Å². The first-order chi connectivity index (χ1) is 16.8. The van der Waals surface area contributed by atoms with Crippen LogP contribution in [0, 0.1) is 10.7 Å². The van der Waals surface area contributed by atoms with E-state index in [0.717, 1.165) is 55.8 Å². The maximum absolute atomic E-state index is 12.1. The molecule has 3 aromatic rings. The summed E-state index contributed by atoms with van der Waals surface area (Å²) in [6.45, 7) is 9.17. The van der Waals surface area contributed by atoms with Gasteiger partial charge in [-0.1, -0.05) is 63.2 Å². The highest BCUT2D eigenvalue weighted by molar-refractivity contribution is 7.71. The summed E-state index contributed by atoms with van der Waals surface area (Å²) in [6, 6.07) is 19.2. The number of carbonyl (C=O) groups is 1. The summed E-state index contributed by atoms with van der Waals surface area (Å²) in [5, 5.41) is 8.24. The number of amides is 1. The molecule has 0 bridgehead atoms. The van der Waals surface area contributed by atoms with Crippen LogP contribution in [0.25, 0.3) is 17.1 Å². The molecular formula is C28H35N5OS. The molecule has 35 heavy (non-hydrogen) atoms. The smallest absolute Gasteiger partial charge is 0.223 e. The van der Waals surface area contributed by atoms with E-state index in [1.807, 2.05) is 22.9 Å². The molecule has 2 fully saturated rings. The molecule has 1 saturated heterocycles. The molecule has 0 radical (unpaired) electrons. The predicted molar refractivity (Wildman–Crippen MR) is 142 cm³/mol. The number of benzene rings is 2. The lowest BCUT2D eigenvalue weighted by Crippen LogP contribution is -2.45. The average Bonchev–Trinajstić information content (AvgIpc) is 3.65. The Hall–Kier alpha value is -2.77. The van der Waals surface area contributed by atoms with E-state index >= 15 is 0 Å². The van der Waals surface area contributed by atoms with Crippen molar-refractivity contribution in [2.75, 3.05) is 13.1 Å². The summed E-state index contributed by atoms with van der Waals surface area (Å²) < 4.78 is 4.71. The standard InChI is InChI=1S/C28H35N5OS/c1-28(2,3)22-13-11-20(12-14-22)25-30-32(27(35)33(25)24-7-5-4-6-8-24)19-31-17-15-23(16-18-31)29-26(34)21-9-10-21/h4-8,11-14,21,23H,9-10,15-19H2,1-3H3,(H,29,34). The SMILES string of the molecule is CC(C)(C)c1ccc(-c2nn(CN3CCC(NC(=O)C4CC4)CC3)c(=S)n2-c2ccccc2)cc1. The molecule has 2 aromatic carbocycles. The Bertz CT molecular complexity index is 1230. The summed E-state index contributed by atoms with van der Waals surface area (Å²) in [5.41, 5.74) is 3.45. The number of likely N-dealkylation sites (tertiary alicyclic amines) is 1. The van der Waals surface area contributed by atoms with E-state index in [0.29, 0.717) is 11.4 Å². The topological polar surface area (TPSA) is 55.1 Å². The van der Waals surface area contributed by atoms with E-state index in [1.54, 1.807) is 0 Å². The summed E-state index contributed by atoms with van der Waals surface area (Å²) in [6.07, 6.45) is 4.03. The lowest BCUT2D eigenvalue weighted by atomic mass is 9.87. The number of nitrogens with one attached hydrogen (secondary N) is 1. The van der Waals surface area contributed by atoms with Crippen LogP contribution in [0.15, 0.2) is 54.6 Å². The van der Waals surface area contributed by atoms with Crippen LogP contribution in [-0.2, 0) is 16.9 Å². The quantitative estimate of drug-likeness (QED) is 0.477. The van der Waals surface area contributed by atoms with Crippen LogP contribution in [0.4, 0.5) is 0 Å². The third kappa shape index (κ3) is 5.41. The van der Waals surface area contributed by atoms with Gasteiger partial charge in [0, 0.05) is 36.3 Å². The second-order valence-corrected chi connectivity index (χ2v) is 11.3. The molecule has 1 N–H and O–H groups in total. The number of aromatic nitrogens is 3. The number of hydrogen-bond acceptors (Lipinski definition) is 4. The summed E-state index contributed by atoms with van der Waals surface area (Å²) >= 11 is 5.94. The molecule has 7 heteroatoms. The van der Waals surface area contributed by atoms with E-state index in [-0.39, 0.29) is 23.3 Å². The van der Waals surface area contributed by atoms with Crippen LogP contribution in [0.5, 0.6) is 0 Å². The van der Waals surface area contributed by atoms with Gasteiger partial charge in [-0.2, -0.15) is 0 Å². The molecule has 2 heterocycles. The molecule has 1 aliphatic heterocycles. The van der Waals surface area contributed by atoms with E-state index < -0.39 is 0 Å². The minimum absolute atomic E-state index is 0.0979. The third-order valence-electron chi connectivity index (χ3n) is 7.08. The van der Waals surface area contributed by atoms with Crippen molar-refractivity contribution in [1.29, 1.82) is 0 Å². The monoisotopic (exact) mass is 489 g/mol. The zero-order valence-corrected chi connectivity index (χ0v) is 21.7. The van der Waals surface area contributed by atoms with E-state index in [1.165, 1.54) is 5.56 Å². The molecule has 2 aliphatic rings. The van der Waals surface area contributed by atoms with Gasteiger partial charge in [0.15, 0.2) is 5.82 Å². The van der Waals surface area contributed by atoms with Gasteiger partial charge in [-0.3, -0.25) is 14.3 Å². The maximum atomic E-state index is 12.1. The predicted octanol–water partition coefficient (Wildman–Crippen LogP) is 5.32. The van der Waals surface area contributed by atoms with E-state index in [4.69, 9.17) is 17.3 Å². The van der Waals surface area contributed by atoms with Crippen LogP contribution < -0.4 is 5.32 Å².